The first-order chi connectivity index (χ1) is 19.3. The van der Waals surface area contributed by atoms with E-state index in [0.717, 1.165) is 55.8 Å². The molecule has 1 unspecified atom stereocenters. The van der Waals surface area contributed by atoms with E-state index in [0.29, 0.717) is 47.5 Å². The van der Waals surface area contributed by atoms with Gasteiger partial charge in [-0.15, -0.1) is 0 Å². The molecule has 5 rings (SSSR count). The number of amides is 1. The van der Waals surface area contributed by atoms with Crippen LogP contribution in [0.15, 0.2) is 54.6 Å². The standard InChI is InChI=1S/C33H38Cl2N2O3/c1-22-18-30(34)32(31(35)19-22)40-17-16-39-29-13-11-27(12-14-29)36-15-5-8-26(20-36)33(38)37(28-9-10-28)21-25-7-4-6-23(2)24(25)3/h4,6-7,11-14,18-19,26,28H,5,8-10,15-17,20-21H2,1-3H3. The van der Waals surface area contributed by atoms with Crippen LogP contribution >= 0.6 is 23.2 Å². The molecule has 2 aliphatic rings. The lowest BCUT2D eigenvalue weighted by molar-refractivity contribution is -0.137. The van der Waals surface area contributed by atoms with Crippen molar-refractivity contribution in [1.29, 1.82) is 0 Å². The van der Waals surface area contributed by atoms with Crippen molar-refractivity contribution in [2.24, 2.45) is 5.92 Å². The molecule has 1 aliphatic heterocycles. The fourth-order valence-corrected chi connectivity index (χ4v) is 6.17. The maximum atomic E-state index is 13.8. The Balaban J connectivity index is 1.15. The third-order valence-corrected chi connectivity index (χ3v) is 8.60. The number of piperidine rings is 1. The van der Waals surface area contributed by atoms with Crippen LogP contribution in [0.25, 0.3) is 0 Å². The van der Waals surface area contributed by atoms with Gasteiger partial charge in [0.15, 0.2) is 5.75 Å². The maximum Gasteiger partial charge on any atom is 0.228 e. The molecule has 3 aromatic carbocycles. The summed E-state index contributed by atoms with van der Waals surface area (Å²) >= 11 is 12.5. The van der Waals surface area contributed by atoms with E-state index in [9.17, 15) is 4.79 Å². The maximum absolute atomic E-state index is 13.8. The number of rotatable bonds is 10. The predicted molar refractivity (Wildman–Crippen MR) is 163 cm³/mol. The first-order valence-electron chi connectivity index (χ1n) is 14.2. The Bertz CT molecular complexity index is 1320. The van der Waals surface area contributed by atoms with Gasteiger partial charge in [-0.3, -0.25) is 4.79 Å². The van der Waals surface area contributed by atoms with Gasteiger partial charge in [0, 0.05) is 31.4 Å². The lowest BCUT2D eigenvalue weighted by Gasteiger charge is -2.36. The second kappa shape index (κ2) is 12.7. The Morgan fingerprint density at radius 3 is 2.35 bits per heavy atom. The second-order valence-electron chi connectivity index (χ2n) is 11.1. The Morgan fingerprint density at radius 2 is 1.65 bits per heavy atom. The van der Waals surface area contributed by atoms with E-state index in [1.54, 1.807) is 0 Å². The minimum absolute atomic E-state index is 0.0213. The third-order valence-electron chi connectivity index (χ3n) is 8.04. The lowest BCUT2D eigenvalue weighted by Crippen LogP contribution is -2.45. The average Bonchev–Trinajstić information content (AvgIpc) is 3.78. The van der Waals surface area contributed by atoms with Crippen molar-refractivity contribution in [3.63, 3.8) is 0 Å². The molecule has 5 nitrogen and oxygen atoms in total. The van der Waals surface area contributed by atoms with Crippen molar-refractivity contribution in [2.75, 3.05) is 31.2 Å². The van der Waals surface area contributed by atoms with Crippen molar-refractivity contribution < 1.29 is 14.3 Å². The number of aryl methyl sites for hydroxylation is 2. The van der Waals surface area contributed by atoms with Crippen molar-refractivity contribution in [1.82, 2.24) is 4.90 Å². The molecule has 1 saturated heterocycles. The van der Waals surface area contributed by atoms with E-state index in [1.165, 1.54) is 16.7 Å². The molecule has 7 heteroatoms. The van der Waals surface area contributed by atoms with Crippen molar-refractivity contribution in [3.8, 4) is 11.5 Å². The fraction of sp³-hybridized carbons (Fsp3) is 0.424. The minimum atomic E-state index is 0.0213. The van der Waals surface area contributed by atoms with Crippen LogP contribution in [-0.2, 0) is 11.3 Å². The summed E-state index contributed by atoms with van der Waals surface area (Å²) in [6.45, 7) is 9.37. The lowest BCUT2D eigenvalue weighted by atomic mass is 9.95. The topological polar surface area (TPSA) is 42.0 Å². The Labute approximate surface area is 248 Å². The van der Waals surface area contributed by atoms with Gasteiger partial charge in [-0.2, -0.15) is 0 Å². The van der Waals surface area contributed by atoms with Crippen LogP contribution < -0.4 is 14.4 Å². The fourth-order valence-electron chi connectivity index (χ4n) is 5.47. The number of ether oxygens (including phenoxy) is 2. The summed E-state index contributed by atoms with van der Waals surface area (Å²) < 4.78 is 11.6. The van der Waals surface area contributed by atoms with Gasteiger partial charge in [0.2, 0.25) is 5.91 Å². The summed E-state index contributed by atoms with van der Waals surface area (Å²) in [5.41, 5.74) is 5.94. The summed E-state index contributed by atoms with van der Waals surface area (Å²) in [7, 11) is 0. The van der Waals surface area contributed by atoms with Gasteiger partial charge in [0.25, 0.3) is 0 Å². The molecule has 0 aromatic heterocycles. The zero-order chi connectivity index (χ0) is 28.2. The average molecular weight is 582 g/mol. The summed E-state index contributed by atoms with van der Waals surface area (Å²) in [6, 6.07) is 18.6. The van der Waals surface area contributed by atoms with Crippen LogP contribution in [0, 0.1) is 26.7 Å². The molecule has 3 aromatic rings. The van der Waals surface area contributed by atoms with Gasteiger partial charge in [0.1, 0.15) is 19.0 Å². The SMILES string of the molecule is Cc1cc(Cl)c(OCCOc2ccc(N3CCCC(C(=O)N(Cc4cccc(C)c4C)C4CC4)C3)cc2)c(Cl)c1. The Kier molecular flexibility index (Phi) is 9.12. The van der Waals surface area contributed by atoms with Crippen LogP contribution in [0.4, 0.5) is 5.69 Å². The Hall–Kier alpha value is -2.89. The molecule has 0 N–H and O–H groups in total. The third kappa shape index (κ3) is 6.87. The van der Waals surface area contributed by atoms with Gasteiger partial charge in [0.05, 0.1) is 16.0 Å². The smallest absolute Gasteiger partial charge is 0.228 e. The van der Waals surface area contributed by atoms with Crippen molar-refractivity contribution in [3.05, 3.63) is 86.9 Å². The molecule has 1 aliphatic carbocycles. The van der Waals surface area contributed by atoms with Gasteiger partial charge in [-0.1, -0.05) is 41.4 Å². The minimum Gasteiger partial charge on any atom is -0.490 e. The first kappa shape index (κ1) is 28.6. The van der Waals surface area contributed by atoms with Gasteiger partial charge in [-0.25, -0.2) is 0 Å². The van der Waals surface area contributed by atoms with Gasteiger partial charge < -0.3 is 19.3 Å². The zero-order valence-corrected chi connectivity index (χ0v) is 25.1. The van der Waals surface area contributed by atoms with Crippen LogP contribution in [-0.4, -0.2) is 43.2 Å². The molecular formula is C33H38Cl2N2O3. The molecule has 2 fully saturated rings. The molecule has 212 valence electrons. The normalized spacial score (nSPS) is 17.0. The predicted octanol–water partition coefficient (Wildman–Crippen LogP) is 7.78. The Morgan fingerprint density at radius 1 is 0.950 bits per heavy atom. The highest BCUT2D eigenvalue weighted by Gasteiger charge is 2.37. The van der Waals surface area contributed by atoms with Crippen LogP contribution in [0.2, 0.25) is 10.0 Å². The summed E-state index contributed by atoms with van der Waals surface area (Å²) in [5, 5.41) is 0.997. The summed E-state index contributed by atoms with van der Waals surface area (Å²) in [5.74, 6) is 1.58. The van der Waals surface area contributed by atoms with E-state index < -0.39 is 0 Å². The van der Waals surface area contributed by atoms with Crippen LogP contribution in [0.3, 0.4) is 0 Å². The van der Waals surface area contributed by atoms with E-state index in [2.05, 4.69) is 54.0 Å². The molecule has 40 heavy (non-hydrogen) atoms. The van der Waals surface area contributed by atoms with Crippen molar-refractivity contribution >= 4 is 34.8 Å². The van der Waals surface area contributed by atoms with Crippen LogP contribution in [0.1, 0.15) is 47.9 Å². The largest absolute Gasteiger partial charge is 0.490 e. The molecule has 0 radical (unpaired) electrons. The summed E-state index contributed by atoms with van der Waals surface area (Å²) in [6.07, 6.45) is 4.19. The molecule has 0 spiro atoms. The zero-order valence-electron chi connectivity index (χ0n) is 23.6. The number of carbonyl (C=O) groups is 1. The van der Waals surface area contributed by atoms with E-state index in [1.807, 2.05) is 31.2 Å². The molecule has 1 heterocycles. The van der Waals surface area contributed by atoms with Crippen molar-refractivity contribution in [2.45, 2.75) is 59.0 Å². The highest BCUT2D eigenvalue weighted by molar-refractivity contribution is 6.37. The first-order valence-corrected chi connectivity index (χ1v) is 15.0. The molecule has 0 bridgehead atoms. The number of anilines is 1. The second-order valence-corrected chi connectivity index (χ2v) is 11.9. The number of hydrogen-bond acceptors (Lipinski definition) is 4. The number of benzene rings is 3. The van der Waals surface area contributed by atoms with Gasteiger partial charge >= 0.3 is 0 Å². The van der Waals surface area contributed by atoms with Gasteiger partial charge in [-0.05, 0) is 105 Å². The molecule has 1 atom stereocenters. The highest BCUT2D eigenvalue weighted by Crippen LogP contribution is 2.35. The number of halogens is 2. The quantitative estimate of drug-likeness (QED) is 0.229. The highest BCUT2D eigenvalue weighted by atomic mass is 35.5. The van der Waals surface area contributed by atoms with E-state index >= 15 is 0 Å². The molecule has 1 amide bonds. The number of nitrogens with zero attached hydrogens (tertiary/aromatic N) is 2. The van der Waals surface area contributed by atoms with E-state index in [4.69, 9.17) is 32.7 Å². The number of carbonyl (C=O) groups excluding carboxylic acids is 1. The summed E-state index contributed by atoms with van der Waals surface area (Å²) in [4.78, 5) is 18.3. The molecular weight excluding hydrogens is 543 g/mol. The van der Waals surface area contributed by atoms with E-state index in [-0.39, 0.29) is 5.92 Å². The number of hydrogen-bond donors (Lipinski definition) is 0. The monoisotopic (exact) mass is 580 g/mol. The van der Waals surface area contributed by atoms with Crippen LogP contribution in [0.5, 0.6) is 11.5 Å². The molecule has 1 saturated carbocycles.